The van der Waals surface area contributed by atoms with Crippen LogP contribution in [-0.4, -0.2) is 11.7 Å². The van der Waals surface area contributed by atoms with Crippen molar-refractivity contribution in [3.63, 3.8) is 0 Å². The van der Waals surface area contributed by atoms with Gasteiger partial charge in [0.15, 0.2) is 0 Å². The van der Waals surface area contributed by atoms with Gasteiger partial charge in [-0.05, 0) is 17.0 Å². The van der Waals surface area contributed by atoms with E-state index in [1.54, 1.807) is 6.07 Å². The minimum Gasteiger partial charge on any atom is -0.319 e. The molecule has 0 spiro atoms. The van der Waals surface area contributed by atoms with Gasteiger partial charge in [-0.1, -0.05) is 39.0 Å². The molecule has 0 atom stereocenters. The van der Waals surface area contributed by atoms with Gasteiger partial charge < -0.3 is 5.32 Å². The highest BCUT2D eigenvalue weighted by molar-refractivity contribution is 6.39. The predicted octanol–water partition coefficient (Wildman–Crippen LogP) is 2.51. The average molecular weight is 219 g/mol. The van der Waals surface area contributed by atoms with E-state index in [2.05, 4.69) is 26.1 Å². The molecule has 0 radical (unpaired) electrons. The second-order valence-corrected chi connectivity index (χ2v) is 4.81. The zero-order chi connectivity index (χ0) is 12.3. The molecule has 3 nitrogen and oxygen atoms in total. The van der Waals surface area contributed by atoms with Crippen LogP contribution in [0.2, 0.25) is 0 Å². The molecular weight excluding hydrogens is 202 g/mol. The van der Waals surface area contributed by atoms with Gasteiger partial charge in [-0.2, -0.15) is 0 Å². The zero-order valence-corrected chi connectivity index (χ0v) is 10.1. The average Bonchev–Trinajstić information content (AvgIpc) is 2.16. The first-order valence-electron chi connectivity index (χ1n) is 5.24. The molecule has 0 heterocycles. The van der Waals surface area contributed by atoms with Crippen molar-refractivity contribution < 1.29 is 9.59 Å². The minimum atomic E-state index is -0.572. The maximum absolute atomic E-state index is 11.3. The van der Waals surface area contributed by atoms with Crippen molar-refractivity contribution in [1.29, 1.82) is 0 Å². The first-order valence-corrected chi connectivity index (χ1v) is 5.24. The maximum atomic E-state index is 11.3. The molecular formula is C13H17NO2. The van der Waals surface area contributed by atoms with Crippen molar-refractivity contribution in [2.45, 2.75) is 33.1 Å². The summed E-state index contributed by atoms with van der Waals surface area (Å²) in [6.07, 6.45) is 0. The van der Waals surface area contributed by atoms with Gasteiger partial charge >= 0.3 is 0 Å². The van der Waals surface area contributed by atoms with E-state index in [4.69, 9.17) is 0 Å². The van der Waals surface area contributed by atoms with E-state index in [1.165, 1.54) is 6.92 Å². The van der Waals surface area contributed by atoms with E-state index in [0.717, 1.165) is 5.56 Å². The predicted molar refractivity (Wildman–Crippen MR) is 64.5 cm³/mol. The quantitative estimate of drug-likeness (QED) is 0.777. The summed E-state index contributed by atoms with van der Waals surface area (Å²) < 4.78 is 0. The van der Waals surface area contributed by atoms with Gasteiger partial charge in [0, 0.05) is 12.6 Å². The van der Waals surface area contributed by atoms with E-state index in [1.807, 2.05) is 18.2 Å². The van der Waals surface area contributed by atoms with Crippen LogP contribution in [0.4, 0.5) is 5.69 Å². The van der Waals surface area contributed by atoms with Gasteiger partial charge in [-0.25, -0.2) is 0 Å². The topological polar surface area (TPSA) is 46.2 Å². The zero-order valence-electron chi connectivity index (χ0n) is 10.1. The molecule has 0 aromatic heterocycles. The monoisotopic (exact) mass is 219 g/mol. The number of para-hydroxylation sites is 1. The highest BCUT2D eigenvalue weighted by Crippen LogP contribution is 2.29. The standard InChI is InChI=1S/C13H17NO2/c1-9(15)12(16)14-11-8-6-5-7-10(11)13(2,3)4/h5-8H,1-4H3,(H,14,16). The van der Waals surface area contributed by atoms with Gasteiger partial charge in [-0.3, -0.25) is 9.59 Å². The number of carbonyl (C=O) groups excluding carboxylic acids is 2. The Bertz CT molecular complexity index is 416. The summed E-state index contributed by atoms with van der Waals surface area (Å²) in [7, 11) is 0. The Morgan fingerprint density at radius 3 is 2.19 bits per heavy atom. The summed E-state index contributed by atoms with van der Waals surface area (Å²) in [5, 5.41) is 2.63. The second kappa shape index (κ2) is 4.47. The molecule has 3 heteroatoms. The van der Waals surface area contributed by atoms with Crippen molar-refractivity contribution >= 4 is 17.4 Å². The summed E-state index contributed by atoms with van der Waals surface area (Å²) in [5.74, 6) is -1.06. The van der Waals surface area contributed by atoms with Crippen LogP contribution in [0.3, 0.4) is 0 Å². The Balaban J connectivity index is 3.05. The molecule has 0 saturated carbocycles. The number of carbonyl (C=O) groups is 2. The fourth-order valence-corrected chi connectivity index (χ4v) is 1.46. The number of Topliss-reactive ketones (excluding diaryl/α,β-unsaturated/α-hetero) is 1. The van der Waals surface area contributed by atoms with Crippen molar-refractivity contribution in [1.82, 2.24) is 0 Å². The number of benzene rings is 1. The molecule has 0 aliphatic rings. The molecule has 1 amide bonds. The van der Waals surface area contributed by atoms with Crippen LogP contribution < -0.4 is 5.32 Å². The van der Waals surface area contributed by atoms with Crippen molar-refractivity contribution in [3.8, 4) is 0 Å². The van der Waals surface area contributed by atoms with Gasteiger partial charge in [-0.15, -0.1) is 0 Å². The lowest BCUT2D eigenvalue weighted by atomic mass is 9.86. The number of hydrogen-bond donors (Lipinski definition) is 1. The number of ketones is 1. The minimum absolute atomic E-state index is 0.0688. The van der Waals surface area contributed by atoms with Crippen LogP contribution in [0, 0.1) is 0 Å². The van der Waals surface area contributed by atoms with Crippen LogP contribution in [0.25, 0.3) is 0 Å². The summed E-state index contributed by atoms with van der Waals surface area (Å²) in [6.45, 7) is 7.44. The third-order valence-corrected chi connectivity index (χ3v) is 2.30. The van der Waals surface area contributed by atoms with Gasteiger partial charge in [0.2, 0.25) is 5.78 Å². The lowest BCUT2D eigenvalue weighted by Crippen LogP contribution is -2.23. The number of amides is 1. The molecule has 1 N–H and O–H groups in total. The largest absolute Gasteiger partial charge is 0.319 e. The second-order valence-electron chi connectivity index (χ2n) is 4.81. The molecule has 0 saturated heterocycles. The van der Waals surface area contributed by atoms with Gasteiger partial charge in [0.05, 0.1) is 0 Å². The number of hydrogen-bond acceptors (Lipinski definition) is 2. The van der Waals surface area contributed by atoms with Crippen LogP contribution in [0.15, 0.2) is 24.3 Å². The summed E-state index contributed by atoms with van der Waals surface area (Å²) in [4.78, 5) is 22.2. The van der Waals surface area contributed by atoms with Crippen molar-refractivity contribution in [2.24, 2.45) is 0 Å². The molecule has 0 unspecified atom stereocenters. The maximum Gasteiger partial charge on any atom is 0.291 e. The third kappa shape index (κ3) is 2.92. The smallest absolute Gasteiger partial charge is 0.291 e. The van der Waals surface area contributed by atoms with E-state index in [9.17, 15) is 9.59 Å². The summed E-state index contributed by atoms with van der Waals surface area (Å²) >= 11 is 0. The lowest BCUT2D eigenvalue weighted by molar-refractivity contribution is -0.133. The molecule has 0 fully saturated rings. The normalized spacial score (nSPS) is 11.0. The Hall–Kier alpha value is -1.64. The Morgan fingerprint density at radius 1 is 1.12 bits per heavy atom. The Labute approximate surface area is 95.9 Å². The Kier molecular flexibility index (Phi) is 3.48. The van der Waals surface area contributed by atoms with E-state index in [-0.39, 0.29) is 5.41 Å². The summed E-state index contributed by atoms with van der Waals surface area (Å²) in [5.41, 5.74) is 1.65. The molecule has 1 aromatic rings. The highest BCUT2D eigenvalue weighted by Gasteiger charge is 2.19. The first-order chi connectivity index (χ1) is 7.32. The van der Waals surface area contributed by atoms with Crippen LogP contribution in [0.1, 0.15) is 33.3 Å². The van der Waals surface area contributed by atoms with Gasteiger partial charge in [0.25, 0.3) is 5.91 Å². The van der Waals surface area contributed by atoms with Crippen molar-refractivity contribution in [2.75, 3.05) is 5.32 Å². The molecule has 0 aliphatic heterocycles. The number of rotatable bonds is 2. The SMILES string of the molecule is CC(=O)C(=O)Nc1ccccc1C(C)(C)C. The molecule has 1 aromatic carbocycles. The van der Waals surface area contributed by atoms with E-state index < -0.39 is 11.7 Å². The van der Waals surface area contributed by atoms with Crippen molar-refractivity contribution in [3.05, 3.63) is 29.8 Å². The third-order valence-electron chi connectivity index (χ3n) is 2.30. The number of anilines is 1. The molecule has 0 bridgehead atoms. The lowest BCUT2D eigenvalue weighted by Gasteiger charge is -2.22. The molecule has 86 valence electrons. The van der Waals surface area contributed by atoms with E-state index >= 15 is 0 Å². The molecule has 1 rings (SSSR count). The highest BCUT2D eigenvalue weighted by atomic mass is 16.2. The van der Waals surface area contributed by atoms with Gasteiger partial charge in [0.1, 0.15) is 0 Å². The number of nitrogens with one attached hydrogen (secondary N) is 1. The van der Waals surface area contributed by atoms with E-state index in [0.29, 0.717) is 5.69 Å². The van der Waals surface area contributed by atoms with Crippen LogP contribution in [0.5, 0.6) is 0 Å². The van der Waals surface area contributed by atoms with Crippen LogP contribution >= 0.6 is 0 Å². The Morgan fingerprint density at radius 2 is 1.69 bits per heavy atom. The fraction of sp³-hybridized carbons (Fsp3) is 0.385. The first kappa shape index (κ1) is 12.4. The molecule has 16 heavy (non-hydrogen) atoms. The van der Waals surface area contributed by atoms with Crippen LogP contribution in [-0.2, 0) is 15.0 Å². The summed E-state index contributed by atoms with van der Waals surface area (Å²) in [6, 6.07) is 7.52. The fourth-order valence-electron chi connectivity index (χ4n) is 1.46. The molecule has 0 aliphatic carbocycles.